The molecule has 0 radical (unpaired) electrons. The smallest absolute Gasteiger partial charge is 0.331 e. The minimum absolute atomic E-state index is 0.208. The normalized spacial score (nSPS) is 37.2. The van der Waals surface area contributed by atoms with E-state index < -0.39 is 118 Å². The highest BCUT2D eigenvalue weighted by Crippen LogP contribution is 2.29. The Hall–Kier alpha value is -3.62. The molecule has 3 aliphatic rings. The molecular formula is C34H41NO17. The van der Waals surface area contributed by atoms with Gasteiger partial charge in [0.2, 0.25) is 6.29 Å². The Morgan fingerprint density at radius 1 is 0.788 bits per heavy atom. The van der Waals surface area contributed by atoms with Crippen molar-refractivity contribution in [1.82, 2.24) is 0 Å². The summed E-state index contributed by atoms with van der Waals surface area (Å²) in [4.78, 5) is 12.5. The van der Waals surface area contributed by atoms with Crippen molar-refractivity contribution in [3.05, 3.63) is 71.8 Å². The van der Waals surface area contributed by atoms with E-state index >= 15 is 0 Å². The van der Waals surface area contributed by atoms with Crippen LogP contribution in [-0.4, -0.2) is 158 Å². The van der Waals surface area contributed by atoms with Crippen LogP contribution < -0.4 is 4.74 Å². The minimum Gasteiger partial charge on any atom is -0.462 e. The summed E-state index contributed by atoms with van der Waals surface area (Å²) in [6.45, 7) is -1.52. The van der Waals surface area contributed by atoms with Gasteiger partial charge in [0.1, 0.15) is 66.8 Å². The molecule has 5 rings (SSSR count). The standard InChI is InChI=1S/C34H41NO17/c35-12-19(17-4-2-1-3-5-17)50-34-31(45)28(42)25(39)22(52-34)15-47-32-29(43)26(40)21(14-46-32)49-23(37)11-8-16-6-9-18(10-7-16)48-33-30(44)27(41)24(38)20(13-36)51-33/h1-11,19-22,24-34,36,38-45H,13-15H2/b11-8+. The van der Waals surface area contributed by atoms with E-state index in [2.05, 4.69) is 0 Å². The Labute approximate surface area is 296 Å². The fraction of sp³-hybridized carbons (Fsp3) is 0.529. The van der Waals surface area contributed by atoms with Gasteiger partial charge in [-0.05, 0) is 29.3 Å². The zero-order chi connectivity index (χ0) is 37.5. The summed E-state index contributed by atoms with van der Waals surface area (Å²) in [7, 11) is 0. The van der Waals surface area contributed by atoms with Gasteiger partial charge in [-0.15, -0.1) is 0 Å². The number of hydrogen-bond donors (Lipinski definition) is 9. The number of esters is 1. The van der Waals surface area contributed by atoms with E-state index in [0.29, 0.717) is 11.1 Å². The molecule has 15 atom stereocenters. The molecule has 284 valence electrons. The van der Waals surface area contributed by atoms with Crippen molar-refractivity contribution in [1.29, 1.82) is 5.26 Å². The van der Waals surface area contributed by atoms with Crippen molar-refractivity contribution in [3.8, 4) is 11.8 Å². The highest BCUT2D eigenvalue weighted by atomic mass is 16.7. The first-order valence-corrected chi connectivity index (χ1v) is 16.3. The number of hydrogen-bond acceptors (Lipinski definition) is 18. The Balaban J connectivity index is 1.09. The maximum atomic E-state index is 12.5. The topological polar surface area (TPSA) is 288 Å². The van der Waals surface area contributed by atoms with E-state index in [9.17, 15) is 56.0 Å². The van der Waals surface area contributed by atoms with Gasteiger partial charge in [-0.2, -0.15) is 5.26 Å². The number of nitriles is 1. The van der Waals surface area contributed by atoms with Crippen LogP contribution in [0, 0.1) is 11.3 Å². The molecule has 0 aromatic heterocycles. The van der Waals surface area contributed by atoms with Gasteiger partial charge in [0, 0.05) is 6.08 Å². The van der Waals surface area contributed by atoms with E-state index in [4.69, 9.17) is 33.2 Å². The molecule has 0 amide bonds. The molecule has 18 heteroatoms. The molecule has 3 fully saturated rings. The second-order valence-electron chi connectivity index (χ2n) is 12.3. The second-order valence-corrected chi connectivity index (χ2v) is 12.3. The summed E-state index contributed by atoms with van der Waals surface area (Å²) in [5, 5.41) is 101. The van der Waals surface area contributed by atoms with E-state index in [0.717, 1.165) is 6.08 Å². The molecule has 18 nitrogen and oxygen atoms in total. The SMILES string of the molecule is N#CC(OC1OC(COC2OCC(OC(=O)/C=C/c3ccc(OC4OC(CO)C(O)C(O)C4O)cc3)C(O)C2O)C(O)C(O)C1O)c1ccccc1. The highest BCUT2D eigenvalue weighted by Gasteiger charge is 2.47. The monoisotopic (exact) mass is 735 g/mol. The molecular weight excluding hydrogens is 694 g/mol. The van der Waals surface area contributed by atoms with Crippen molar-refractivity contribution >= 4 is 12.0 Å². The van der Waals surface area contributed by atoms with Crippen molar-refractivity contribution in [2.45, 2.75) is 92.1 Å². The number of nitrogens with zero attached hydrogens (tertiary/aromatic N) is 1. The third-order valence-electron chi connectivity index (χ3n) is 8.68. The molecule has 0 saturated carbocycles. The van der Waals surface area contributed by atoms with Gasteiger partial charge in [0.05, 0.1) is 25.9 Å². The Morgan fingerprint density at radius 3 is 2.06 bits per heavy atom. The summed E-state index contributed by atoms with van der Waals surface area (Å²) in [6, 6.07) is 16.3. The van der Waals surface area contributed by atoms with Crippen LogP contribution in [0.25, 0.3) is 6.08 Å². The lowest BCUT2D eigenvalue weighted by Crippen LogP contribution is -2.60. The maximum absolute atomic E-state index is 12.5. The summed E-state index contributed by atoms with van der Waals surface area (Å²) in [5.41, 5.74) is 0.970. The number of carbonyl (C=O) groups excluding carboxylic acids is 1. The number of ether oxygens (including phenoxy) is 7. The van der Waals surface area contributed by atoms with Gasteiger partial charge < -0.3 is 79.1 Å². The molecule has 15 unspecified atom stereocenters. The fourth-order valence-corrected chi connectivity index (χ4v) is 5.63. The van der Waals surface area contributed by atoms with E-state index in [1.54, 1.807) is 42.5 Å². The van der Waals surface area contributed by atoms with Crippen LogP contribution in [0.3, 0.4) is 0 Å². The van der Waals surface area contributed by atoms with E-state index in [-0.39, 0.29) is 5.75 Å². The quantitative estimate of drug-likeness (QED) is 0.0774. The van der Waals surface area contributed by atoms with Crippen LogP contribution in [-0.2, 0) is 33.2 Å². The van der Waals surface area contributed by atoms with Crippen LogP contribution in [0.15, 0.2) is 60.7 Å². The van der Waals surface area contributed by atoms with Crippen LogP contribution in [0.5, 0.6) is 5.75 Å². The Morgan fingerprint density at radius 2 is 1.40 bits per heavy atom. The summed E-state index contributed by atoms with van der Waals surface area (Å²) < 4.78 is 38.2. The van der Waals surface area contributed by atoms with Crippen molar-refractivity contribution in [2.75, 3.05) is 19.8 Å². The predicted molar refractivity (Wildman–Crippen MR) is 170 cm³/mol. The largest absolute Gasteiger partial charge is 0.462 e. The first-order valence-electron chi connectivity index (χ1n) is 16.3. The van der Waals surface area contributed by atoms with Gasteiger partial charge in [-0.25, -0.2) is 4.79 Å². The third-order valence-corrected chi connectivity index (χ3v) is 8.68. The van der Waals surface area contributed by atoms with Gasteiger partial charge in [0.25, 0.3) is 0 Å². The summed E-state index contributed by atoms with van der Waals surface area (Å²) >= 11 is 0. The lowest BCUT2D eigenvalue weighted by atomic mass is 9.99. The third kappa shape index (κ3) is 9.29. The van der Waals surface area contributed by atoms with E-state index in [1.165, 1.54) is 18.2 Å². The van der Waals surface area contributed by atoms with Gasteiger partial charge >= 0.3 is 5.97 Å². The zero-order valence-corrected chi connectivity index (χ0v) is 27.4. The van der Waals surface area contributed by atoms with E-state index in [1.807, 2.05) is 6.07 Å². The lowest BCUT2D eigenvalue weighted by Gasteiger charge is -2.42. The molecule has 9 N–H and O–H groups in total. The van der Waals surface area contributed by atoms with Crippen molar-refractivity contribution in [2.24, 2.45) is 0 Å². The average Bonchev–Trinajstić information content (AvgIpc) is 3.16. The van der Waals surface area contributed by atoms with Gasteiger partial charge in [-0.3, -0.25) is 0 Å². The van der Waals surface area contributed by atoms with Gasteiger partial charge in [-0.1, -0.05) is 42.5 Å². The zero-order valence-electron chi connectivity index (χ0n) is 27.4. The molecule has 52 heavy (non-hydrogen) atoms. The first-order chi connectivity index (χ1) is 24.9. The Kier molecular flexibility index (Phi) is 13.7. The molecule has 0 bridgehead atoms. The minimum atomic E-state index is -1.75. The Bertz CT molecular complexity index is 1510. The maximum Gasteiger partial charge on any atom is 0.331 e. The lowest BCUT2D eigenvalue weighted by molar-refractivity contribution is -0.325. The van der Waals surface area contributed by atoms with Crippen LogP contribution >= 0.6 is 0 Å². The first kappa shape index (κ1) is 39.6. The summed E-state index contributed by atoms with van der Waals surface area (Å²) in [6.07, 6.45) is -20.1. The van der Waals surface area contributed by atoms with Gasteiger partial charge in [0.15, 0.2) is 24.8 Å². The number of aliphatic hydroxyl groups excluding tert-OH is 9. The summed E-state index contributed by atoms with van der Waals surface area (Å²) in [5.74, 6) is -0.677. The molecule has 3 saturated heterocycles. The second kappa shape index (κ2) is 17.9. The average molecular weight is 736 g/mol. The number of carbonyl (C=O) groups is 1. The van der Waals surface area contributed by atoms with Crippen LogP contribution in [0.1, 0.15) is 17.2 Å². The number of benzene rings is 2. The molecule has 2 aromatic carbocycles. The molecule has 3 heterocycles. The highest BCUT2D eigenvalue weighted by molar-refractivity contribution is 5.87. The van der Waals surface area contributed by atoms with Crippen molar-refractivity contribution < 1.29 is 83.9 Å². The number of aliphatic hydroxyl groups is 9. The molecule has 2 aromatic rings. The molecule has 0 aliphatic carbocycles. The predicted octanol–water partition coefficient (Wildman–Crippen LogP) is -3.03. The van der Waals surface area contributed by atoms with Crippen LogP contribution in [0.2, 0.25) is 0 Å². The number of rotatable bonds is 12. The van der Waals surface area contributed by atoms with Crippen LogP contribution in [0.4, 0.5) is 0 Å². The van der Waals surface area contributed by atoms with Crippen molar-refractivity contribution in [3.63, 3.8) is 0 Å². The molecule has 3 aliphatic heterocycles. The molecule has 0 spiro atoms. The fourth-order valence-electron chi connectivity index (χ4n) is 5.63.